The van der Waals surface area contributed by atoms with Crippen molar-refractivity contribution in [3.8, 4) is 0 Å². The molecular weight excluding hydrogens is 249 g/mol. The summed E-state index contributed by atoms with van der Waals surface area (Å²) in [7, 11) is 0. The van der Waals surface area contributed by atoms with Crippen LogP contribution in [0.3, 0.4) is 0 Å². The lowest BCUT2D eigenvalue weighted by atomic mass is 10.2. The number of β-amino-alcohol motifs (C(OH)–C–C–N with tert-alkyl or cyclic N) is 1. The molecule has 0 aromatic carbocycles. The highest BCUT2D eigenvalue weighted by Gasteiger charge is 2.22. The lowest BCUT2D eigenvalue weighted by molar-refractivity contribution is 0.0755. The highest BCUT2D eigenvalue weighted by Crippen LogP contribution is 2.11. The van der Waals surface area contributed by atoms with Crippen LogP contribution < -0.4 is 0 Å². The quantitative estimate of drug-likeness (QED) is 0.859. The Hall–Kier alpha value is -1.53. The van der Waals surface area contributed by atoms with Crippen molar-refractivity contribution < 1.29 is 14.3 Å². The average molecular weight is 267 g/mol. The van der Waals surface area contributed by atoms with Crippen LogP contribution in [0.25, 0.3) is 0 Å². The van der Waals surface area contributed by atoms with E-state index in [1.807, 2.05) is 0 Å². The molecule has 2 heterocycles. The maximum absolute atomic E-state index is 13.5. The van der Waals surface area contributed by atoms with Gasteiger partial charge >= 0.3 is 0 Å². The first-order valence-corrected chi connectivity index (χ1v) is 6.44. The molecule has 6 heteroatoms. The highest BCUT2D eigenvalue weighted by molar-refractivity contribution is 5.94. The normalized spacial score (nSPS) is 17.3. The summed E-state index contributed by atoms with van der Waals surface area (Å²) in [5.74, 6) is -0.866. The third kappa shape index (κ3) is 3.48. The Balaban J connectivity index is 2.02. The zero-order chi connectivity index (χ0) is 13.7. The molecule has 1 fully saturated rings. The van der Waals surface area contributed by atoms with Crippen molar-refractivity contribution in [2.45, 2.75) is 6.42 Å². The first-order chi connectivity index (χ1) is 9.22. The predicted molar refractivity (Wildman–Crippen MR) is 68.2 cm³/mol. The van der Waals surface area contributed by atoms with Crippen molar-refractivity contribution in [1.82, 2.24) is 14.8 Å². The van der Waals surface area contributed by atoms with Crippen LogP contribution in [0.4, 0.5) is 4.39 Å². The van der Waals surface area contributed by atoms with E-state index in [-0.39, 0.29) is 18.1 Å². The van der Waals surface area contributed by atoms with Gasteiger partial charge in [0.2, 0.25) is 0 Å². The molecule has 1 saturated heterocycles. The van der Waals surface area contributed by atoms with Gasteiger partial charge in [0.1, 0.15) is 0 Å². The third-order valence-corrected chi connectivity index (χ3v) is 3.29. The van der Waals surface area contributed by atoms with Crippen LogP contribution in [0.15, 0.2) is 18.5 Å². The number of nitrogens with zero attached hydrogens (tertiary/aromatic N) is 3. The fourth-order valence-corrected chi connectivity index (χ4v) is 2.26. The van der Waals surface area contributed by atoms with Crippen molar-refractivity contribution in [3.05, 3.63) is 29.8 Å². The second-order valence-electron chi connectivity index (χ2n) is 4.57. The minimum Gasteiger partial charge on any atom is -0.395 e. The smallest absolute Gasteiger partial charge is 0.256 e. The van der Waals surface area contributed by atoms with Crippen LogP contribution in [0, 0.1) is 5.82 Å². The van der Waals surface area contributed by atoms with E-state index < -0.39 is 5.82 Å². The van der Waals surface area contributed by atoms with Crippen molar-refractivity contribution in [3.63, 3.8) is 0 Å². The number of hydrogen-bond donors (Lipinski definition) is 1. The first kappa shape index (κ1) is 13.9. The summed E-state index contributed by atoms with van der Waals surface area (Å²) >= 11 is 0. The van der Waals surface area contributed by atoms with E-state index in [1.165, 1.54) is 12.3 Å². The van der Waals surface area contributed by atoms with Crippen LogP contribution in [-0.2, 0) is 0 Å². The molecule has 1 amide bonds. The minimum absolute atomic E-state index is 0.0746. The monoisotopic (exact) mass is 267 g/mol. The Morgan fingerprint density at radius 3 is 2.95 bits per heavy atom. The summed E-state index contributed by atoms with van der Waals surface area (Å²) in [6, 6.07) is 1.41. The molecule has 0 spiro atoms. The van der Waals surface area contributed by atoms with Crippen molar-refractivity contribution in [2.24, 2.45) is 0 Å². The molecule has 1 N–H and O–H groups in total. The van der Waals surface area contributed by atoms with Gasteiger partial charge in [0.25, 0.3) is 5.91 Å². The van der Waals surface area contributed by atoms with Gasteiger partial charge in [-0.2, -0.15) is 0 Å². The molecule has 1 aliphatic heterocycles. The highest BCUT2D eigenvalue weighted by atomic mass is 19.1. The van der Waals surface area contributed by atoms with Crippen LogP contribution in [0.2, 0.25) is 0 Å². The predicted octanol–water partition coefficient (Wildman–Crippen LogP) is 0.361. The second kappa shape index (κ2) is 6.58. The van der Waals surface area contributed by atoms with E-state index in [2.05, 4.69) is 9.88 Å². The third-order valence-electron chi connectivity index (χ3n) is 3.29. The second-order valence-corrected chi connectivity index (χ2v) is 4.57. The Bertz CT molecular complexity index is 442. The van der Waals surface area contributed by atoms with Crippen molar-refractivity contribution in [2.75, 3.05) is 39.3 Å². The lowest BCUT2D eigenvalue weighted by Crippen LogP contribution is -2.36. The number of carbonyl (C=O) groups excluding carboxylic acids is 1. The van der Waals surface area contributed by atoms with E-state index >= 15 is 0 Å². The Kier molecular flexibility index (Phi) is 4.81. The molecule has 1 aromatic rings. The number of hydrogen-bond acceptors (Lipinski definition) is 4. The molecule has 104 valence electrons. The zero-order valence-electron chi connectivity index (χ0n) is 10.8. The lowest BCUT2D eigenvalue weighted by Gasteiger charge is -2.21. The molecule has 2 rings (SSSR count). The number of aliphatic hydroxyl groups excluding tert-OH is 1. The molecule has 1 aliphatic rings. The van der Waals surface area contributed by atoms with E-state index in [0.29, 0.717) is 26.2 Å². The van der Waals surface area contributed by atoms with Crippen LogP contribution in [-0.4, -0.2) is 65.1 Å². The van der Waals surface area contributed by atoms with Gasteiger partial charge in [-0.1, -0.05) is 0 Å². The number of halogens is 1. The first-order valence-electron chi connectivity index (χ1n) is 6.44. The Labute approximate surface area is 111 Å². The van der Waals surface area contributed by atoms with Gasteiger partial charge in [-0.3, -0.25) is 14.7 Å². The fourth-order valence-electron chi connectivity index (χ4n) is 2.26. The van der Waals surface area contributed by atoms with E-state index in [9.17, 15) is 9.18 Å². The summed E-state index contributed by atoms with van der Waals surface area (Å²) < 4.78 is 13.5. The molecule has 0 unspecified atom stereocenters. The maximum atomic E-state index is 13.5. The molecular formula is C13H18FN3O2. The summed E-state index contributed by atoms with van der Waals surface area (Å²) in [6.07, 6.45) is 3.31. The topological polar surface area (TPSA) is 56.7 Å². The molecule has 19 heavy (non-hydrogen) atoms. The van der Waals surface area contributed by atoms with Gasteiger partial charge in [-0.25, -0.2) is 4.39 Å². The number of rotatable bonds is 3. The molecule has 1 aromatic heterocycles. The van der Waals surface area contributed by atoms with Gasteiger partial charge in [-0.05, 0) is 19.0 Å². The molecule has 0 aliphatic carbocycles. The van der Waals surface area contributed by atoms with E-state index in [0.717, 1.165) is 19.2 Å². The van der Waals surface area contributed by atoms with Crippen molar-refractivity contribution >= 4 is 5.91 Å². The summed E-state index contributed by atoms with van der Waals surface area (Å²) in [5.41, 5.74) is 0.0746. The number of amides is 1. The number of aromatic nitrogens is 1. The number of pyridine rings is 1. The standard InChI is InChI=1S/C13H18FN3O2/c14-12-10-15-3-2-11(12)13(19)17-5-1-4-16(6-7-17)8-9-18/h2-3,10,18H,1,4-9H2. The fraction of sp³-hybridized carbons (Fsp3) is 0.538. The van der Waals surface area contributed by atoms with E-state index in [1.54, 1.807) is 4.90 Å². The number of aliphatic hydroxyl groups is 1. The largest absolute Gasteiger partial charge is 0.395 e. The summed E-state index contributed by atoms with van der Waals surface area (Å²) in [5, 5.41) is 8.92. The Morgan fingerprint density at radius 1 is 1.37 bits per heavy atom. The molecule has 0 bridgehead atoms. The van der Waals surface area contributed by atoms with Gasteiger partial charge in [0.05, 0.1) is 18.4 Å². The van der Waals surface area contributed by atoms with Gasteiger partial charge < -0.3 is 10.0 Å². The molecule has 0 atom stereocenters. The van der Waals surface area contributed by atoms with Gasteiger partial charge in [0, 0.05) is 32.4 Å². The SMILES string of the molecule is O=C(c1ccncc1F)N1CCCN(CCO)CC1. The van der Waals surface area contributed by atoms with Crippen LogP contribution in [0.5, 0.6) is 0 Å². The zero-order valence-corrected chi connectivity index (χ0v) is 10.8. The van der Waals surface area contributed by atoms with Crippen molar-refractivity contribution in [1.29, 1.82) is 0 Å². The average Bonchev–Trinajstić information content (AvgIpc) is 2.65. The van der Waals surface area contributed by atoms with Gasteiger partial charge in [0.15, 0.2) is 5.82 Å². The van der Waals surface area contributed by atoms with E-state index in [4.69, 9.17) is 5.11 Å². The summed E-state index contributed by atoms with van der Waals surface area (Å²) in [4.78, 5) is 19.6. The molecule has 0 radical (unpaired) electrons. The Morgan fingerprint density at radius 2 is 2.21 bits per heavy atom. The minimum atomic E-state index is -0.580. The summed E-state index contributed by atoms with van der Waals surface area (Å²) in [6.45, 7) is 3.46. The van der Waals surface area contributed by atoms with Gasteiger partial charge in [-0.15, -0.1) is 0 Å². The molecule has 0 saturated carbocycles. The maximum Gasteiger partial charge on any atom is 0.256 e. The van der Waals surface area contributed by atoms with Crippen LogP contribution >= 0.6 is 0 Å². The van der Waals surface area contributed by atoms with Crippen LogP contribution in [0.1, 0.15) is 16.8 Å². The molecule has 5 nitrogen and oxygen atoms in total. The number of carbonyl (C=O) groups is 1.